The molecular weight excluding hydrogens is 358 g/mol. The summed E-state index contributed by atoms with van der Waals surface area (Å²) in [6.45, 7) is 4.57. The molecule has 1 aromatic heterocycles. The Morgan fingerprint density at radius 2 is 1.86 bits per heavy atom. The molecule has 0 aliphatic carbocycles. The normalized spacial score (nSPS) is 10.8. The van der Waals surface area contributed by atoms with E-state index in [-0.39, 0.29) is 12.3 Å². The summed E-state index contributed by atoms with van der Waals surface area (Å²) >= 11 is 0. The van der Waals surface area contributed by atoms with Crippen LogP contribution in [0.2, 0.25) is 0 Å². The molecule has 1 amide bonds. The summed E-state index contributed by atoms with van der Waals surface area (Å²) in [5.41, 5.74) is 3.51. The van der Waals surface area contributed by atoms with Crippen LogP contribution in [0, 0.1) is 13.8 Å². The van der Waals surface area contributed by atoms with Crippen molar-refractivity contribution in [3.8, 4) is 5.75 Å². The quantitative estimate of drug-likeness (QED) is 0.570. The highest BCUT2D eigenvalue weighted by Crippen LogP contribution is 2.27. The number of hydrogen-bond acceptors (Lipinski definition) is 4. The number of rotatable bonds is 8. The molecule has 0 saturated carbocycles. The van der Waals surface area contributed by atoms with Gasteiger partial charge in [-0.15, -0.1) is 0 Å². The Hall–Kier alpha value is -3.28. The van der Waals surface area contributed by atoms with Gasteiger partial charge in [-0.25, -0.2) is 0 Å². The van der Waals surface area contributed by atoms with Crippen molar-refractivity contribution < 1.29 is 23.8 Å². The van der Waals surface area contributed by atoms with Gasteiger partial charge < -0.3 is 19.6 Å². The van der Waals surface area contributed by atoms with Gasteiger partial charge in [0, 0.05) is 23.9 Å². The summed E-state index contributed by atoms with van der Waals surface area (Å²) in [5.74, 6) is -0.0709. The van der Waals surface area contributed by atoms with Gasteiger partial charge in [-0.1, -0.05) is 30.3 Å². The lowest BCUT2D eigenvalue weighted by atomic mass is 10.1. The van der Waals surface area contributed by atoms with Gasteiger partial charge in [0.25, 0.3) is 5.91 Å². The smallest absolute Gasteiger partial charge is 0.303 e. The van der Waals surface area contributed by atoms with E-state index in [1.807, 2.05) is 44.2 Å². The van der Waals surface area contributed by atoms with Gasteiger partial charge in [0.2, 0.25) is 0 Å². The second kappa shape index (κ2) is 8.61. The molecule has 0 aliphatic heterocycles. The fourth-order valence-electron chi connectivity index (χ4n) is 2.98. The maximum absolute atomic E-state index is 12.5. The number of carbonyl (C=O) groups excluding carboxylic acids is 1. The second-order valence-electron chi connectivity index (χ2n) is 6.68. The minimum Gasteiger partial charge on any atom is -0.494 e. The monoisotopic (exact) mass is 381 g/mol. The van der Waals surface area contributed by atoms with Crippen LogP contribution in [-0.2, 0) is 11.3 Å². The molecule has 2 N–H and O–H groups in total. The van der Waals surface area contributed by atoms with Crippen molar-refractivity contribution in [2.75, 3.05) is 6.61 Å². The van der Waals surface area contributed by atoms with Crippen molar-refractivity contribution >= 4 is 22.8 Å². The Bertz CT molecular complexity index is 988. The Labute approximate surface area is 163 Å². The van der Waals surface area contributed by atoms with Crippen molar-refractivity contribution in [2.24, 2.45) is 0 Å². The van der Waals surface area contributed by atoms with Crippen LogP contribution in [0.1, 0.15) is 40.1 Å². The van der Waals surface area contributed by atoms with Gasteiger partial charge in [-0.3, -0.25) is 9.59 Å². The number of para-hydroxylation sites is 1. The summed E-state index contributed by atoms with van der Waals surface area (Å²) in [6, 6.07) is 13.2. The lowest BCUT2D eigenvalue weighted by Crippen LogP contribution is -2.22. The minimum atomic E-state index is -0.829. The van der Waals surface area contributed by atoms with E-state index in [1.165, 1.54) is 0 Å². The van der Waals surface area contributed by atoms with Crippen molar-refractivity contribution in [1.82, 2.24) is 5.32 Å². The maximum atomic E-state index is 12.5. The SMILES string of the molecule is Cc1c(C(=O)NCc2ccc(OCCCC(=O)O)cc2)oc2c(C)cccc12. The average molecular weight is 381 g/mol. The van der Waals surface area contributed by atoms with E-state index in [1.54, 1.807) is 12.1 Å². The van der Waals surface area contributed by atoms with E-state index in [2.05, 4.69) is 5.32 Å². The molecular formula is C22H23NO5. The van der Waals surface area contributed by atoms with Crippen LogP contribution in [0.5, 0.6) is 5.75 Å². The molecule has 28 heavy (non-hydrogen) atoms. The van der Waals surface area contributed by atoms with Crippen LogP contribution >= 0.6 is 0 Å². The van der Waals surface area contributed by atoms with Gasteiger partial charge in [0.15, 0.2) is 5.76 Å². The number of fused-ring (bicyclic) bond motifs is 1. The number of nitrogens with one attached hydrogen (secondary N) is 1. The van der Waals surface area contributed by atoms with Crippen molar-refractivity contribution in [3.63, 3.8) is 0 Å². The third-order valence-electron chi connectivity index (χ3n) is 4.55. The van der Waals surface area contributed by atoms with Crippen molar-refractivity contribution in [3.05, 3.63) is 64.9 Å². The number of carboxylic acids is 1. The summed E-state index contributed by atoms with van der Waals surface area (Å²) in [6.07, 6.45) is 0.550. The van der Waals surface area contributed by atoms with Gasteiger partial charge in [-0.2, -0.15) is 0 Å². The molecule has 0 radical (unpaired) electrons. The zero-order valence-corrected chi connectivity index (χ0v) is 16.0. The Morgan fingerprint density at radius 1 is 1.11 bits per heavy atom. The van der Waals surface area contributed by atoms with Crippen molar-refractivity contribution in [2.45, 2.75) is 33.2 Å². The molecule has 0 bridgehead atoms. The number of hydrogen-bond donors (Lipinski definition) is 2. The lowest BCUT2D eigenvalue weighted by molar-refractivity contribution is -0.137. The molecule has 6 nitrogen and oxygen atoms in total. The van der Waals surface area contributed by atoms with E-state index in [0.29, 0.717) is 31.1 Å². The first-order valence-corrected chi connectivity index (χ1v) is 9.16. The van der Waals surface area contributed by atoms with E-state index in [4.69, 9.17) is 14.3 Å². The van der Waals surface area contributed by atoms with Crippen LogP contribution in [-0.4, -0.2) is 23.6 Å². The molecule has 3 rings (SSSR count). The predicted molar refractivity (Wildman–Crippen MR) is 106 cm³/mol. The third-order valence-corrected chi connectivity index (χ3v) is 4.55. The van der Waals surface area contributed by atoms with Crippen LogP contribution in [0.4, 0.5) is 0 Å². The number of benzene rings is 2. The zero-order valence-electron chi connectivity index (χ0n) is 16.0. The van der Waals surface area contributed by atoms with Gasteiger partial charge in [-0.05, 0) is 43.5 Å². The largest absolute Gasteiger partial charge is 0.494 e. The molecule has 0 unspecified atom stereocenters. The van der Waals surface area contributed by atoms with Crippen LogP contribution in [0.25, 0.3) is 11.0 Å². The number of furan rings is 1. The van der Waals surface area contributed by atoms with Crippen LogP contribution in [0.3, 0.4) is 0 Å². The number of amides is 1. The van der Waals surface area contributed by atoms with Gasteiger partial charge in [0.1, 0.15) is 11.3 Å². The molecule has 0 atom stereocenters. The molecule has 1 heterocycles. The van der Waals surface area contributed by atoms with Crippen LogP contribution < -0.4 is 10.1 Å². The molecule has 0 aliphatic rings. The van der Waals surface area contributed by atoms with Crippen LogP contribution in [0.15, 0.2) is 46.9 Å². The fraction of sp³-hybridized carbons (Fsp3) is 0.273. The highest BCUT2D eigenvalue weighted by Gasteiger charge is 2.18. The number of carbonyl (C=O) groups is 2. The van der Waals surface area contributed by atoms with E-state index >= 15 is 0 Å². The first kappa shape index (κ1) is 19.5. The molecule has 6 heteroatoms. The molecule has 2 aromatic carbocycles. The molecule has 0 spiro atoms. The van der Waals surface area contributed by atoms with E-state index in [0.717, 1.165) is 27.7 Å². The number of aryl methyl sites for hydroxylation is 2. The summed E-state index contributed by atoms with van der Waals surface area (Å²) in [5, 5.41) is 12.4. The third kappa shape index (κ3) is 4.52. The fourth-order valence-corrected chi connectivity index (χ4v) is 2.98. The first-order chi connectivity index (χ1) is 13.5. The highest BCUT2D eigenvalue weighted by molar-refractivity contribution is 5.99. The standard InChI is InChI=1S/C22H23NO5/c1-14-5-3-6-18-15(2)21(28-20(14)18)22(26)23-13-16-8-10-17(11-9-16)27-12-4-7-19(24)25/h3,5-6,8-11H,4,7,12-13H2,1-2H3,(H,23,26)(H,24,25). The Balaban J connectivity index is 1.57. The first-order valence-electron chi connectivity index (χ1n) is 9.16. The maximum Gasteiger partial charge on any atom is 0.303 e. The summed E-state index contributed by atoms with van der Waals surface area (Å²) in [7, 11) is 0. The molecule has 0 fully saturated rings. The summed E-state index contributed by atoms with van der Waals surface area (Å²) in [4.78, 5) is 23.0. The van der Waals surface area contributed by atoms with Gasteiger partial charge >= 0.3 is 5.97 Å². The minimum absolute atomic E-state index is 0.0881. The highest BCUT2D eigenvalue weighted by atomic mass is 16.5. The average Bonchev–Trinajstić information content (AvgIpc) is 3.02. The van der Waals surface area contributed by atoms with E-state index in [9.17, 15) is 9.59 Å². The van der Waals surface area contributed by atoms with E-state index < -0.39 is 5.97 Å². The zero-order chi connectivity index (χ0) is 20.1. The second-order valence-corrected chi connectivity index (χ2v) is 6.68. The van der Waals surface area contributed by atoms with Crippen molar-refractivity contribution in [1.29, 1.82) is 0 Å². The molecule has 0 saturated heterocycles. The molecule has 146 valence electrons. The molecule has 3 aromatic rings. The topological polar surface area (TPSA) is 88.8 Å². The Kier molecular flexibility index (Phi) is 5.99. The Morgan fingerprint density at radius 3 is 2.54 bits per heavy atom. The predicted octanol–water partition coefficient (Wildman–Crippen LogP) is 4.22. The lowest BCUT2D eigenvalue weighted by Gasteiger charge is -2.07. The summed E-state index contributed by atoms with van der Waals surface area (Å²) < 4.78 is 11.3. The number of carboxylic acid groups (broad SMARTS) is 1. The van der Waals surface area contributed by atoms with Gasteiger partial charge in [0.05, 0.1) is 6.61 Å². The number of ether oxygens (including phenoxy) is 1. The number of aliphatic carboxylic acids is 1.